The van der Waals surface area contributed by atoms with E-state index in [9.17, 15) is 13.6 Å². The summed E-state index contributed by atoms with van der Waals surface area (Å²) in [7, 11) is 0. The predicted molar refractivity (Wildman–Crippen MR) is 145 cm³/mol. The normalized spacial score (nSPS) is 17.6. The van der Waals surface area contributed by atoms with Crippen molar-refractivity contribution in [1.82, 2.24) is 9.99 Å². The Morgan fingerprint density at radius 3 is 2.54 bits per heavy atom. The molecule has 0 spiro atoms. The van der Waals surface area contributed by atoms with Gasteiger partial charge in [-0.05, 0) is 78.8 Å². The van der Waals surface area contributed by atoms with E-state index in [1.807, 2.05) is 36.4 Å². The lowest BCUT2D eigenvalue weighted by Crippen LogP contribution is -2.41. The molecule has 1 unspecified atom stereocenters. The number of aliphatic hydroxyl groups is 1. The Hall–Kier alpha value is -3.85. The standard InChI is InChI=1S/C30H32F2N4O3/c31-25-16-24(17-26(32)20-25)28-7-11-34-36(28)30(38)21-8-12-35(13-9-21)29-19-23(6-10-33-29)22-4-3-5-27(18-22)39-15-2-1-14-37/h3-6,10-11,16-21,28,37H,1-2,7-9,12-15H2. The average Bonchev–Trinajstić information content (AvgIpc) is 3.45. The molecular weight excluding hydrogens is 502 g/mol. The van der Waals surface area contributed by atoms with Crippen LogP contribution in [0.15, 0.2) is 65.9 Å². The molecule has 0 bridgehead atoms. The fraction of sp³-hybridized carbons (Fsp3) is 0.367. The van der Waals surface area contributed by atoms with Gasteiger partial charge in [-0.3, -0.25) is 4.79 Å². The molecule has 0 aliphatic carbocycles. The maximum Gasteiger partial charge on any atom is 0.246 e. The van der Waals surface area contributed by atoms with Crippen molar-refractivity contribution in [3.05, 3.63) is 78.0 Å². The third kappa shape index (κ3) is 6.42. The van der Waals surface area contributed by atoms with E-state index in [1.165, 1.54) is 17.1 Å². The lowest BCUT2D eigenvalue weighted by atomic mass is 9.94. The third-order valence-electron chi connectivity index (χ3n) is 7.23. The van der Waals surface area contributed by atoms with Crippen molar-refractivity contribution < 1.29 is 23.4 Å². The number of piperidine rings is 1. The minimum atomic E-state index is -0.662. The second kappa shape index (κ2) is 12.3. The number of hydrogen-bond donors (Lipinski definition) is 1. The zero-order valence-corrected chi connectivity index (χ0v) is 21.7. The van der Waals surface area contributed by atoms with Gasteiger partial charge in [0.2, 0.25) is 5.91 Å². The van der Waals surface area contributed by atoms with Crippen LogP contribution >= 0.6 is 0 Å². The number of halogens is 2. The minimum absolute atomic E-state index is 0.115. The molecular formula is C30H32F2N4O3. The smallest absolute Gasteiger partial charge is 0.246 e. The highest BCUT2D eigenvalue weighted by atomic mass is 19.1. The molecule has 1 saturated heterocycles. The summed E-state index contributed by atoms with van der Waals surface area (Å²) in [5.41, 5.74) is 2.46. The van der Waals surface area contributed by atoms with Crippen molar-refractivity contribution in [1.29, 1.82) is 0 Å². The Bertz CT molecular complexity index is 1310. The summed E-state index contributed by atoms with van der Waals surface area (Å²) in [6.45, 7) is 2.05. The van der Waals surface area contributed by atoms with Gasteiger partial charge in [-0.2, -0.15) is 5.10 Å². The van der Waals surface area contributed by atoms with E-state index in [0.717, 1.165) is 35.2 Å². The van der Waals surface area contributed by atoms with Gasteiger partial charge in [0.15, 0.2) is 0 Å². The van der Waals surface area contributed by atoms with E-state index in [4.69, 9.17) is 9.84 Å². The summed E-state index contributed by atoms with van der Waals surface area (Å²) < 4.78 is 33.4. The van der Waals surface area contributed by atoms with Crippen molar-refractivity contribution in [2.45, 2.75) is 38.1 Å². The maximum atomic E-state index is 13.8. The van der Waals surface area contributed by atoms with Crippen LogP contribution in [0.5, 0.6) is 5.75 Å². The molecule has 2 aliphatic heterocycles. The number of ether oxygens (including phenoxy) is 1. The Kier molecular flexibility index (Phi) is 8.46. The number of aliphatic hydroxyl groups excluding tert-OH is 1. The van der Waals surface area contributed by atoms with Crippen LogP contribution in [0.25, 0.3) is 11.1 Å². The number of pyridine rings is 1. The van der Waals surface area contributed by atoms with Gasteiger partial charge >= 0.3 is 0 Å². The Morgan fingerprint density at radius 2 is 1.77 bits per heavy atom. The maximum absolute atomic E-state index is 13.8. The van der Waals surface area contributed by atoms with Crippen LogP contribution in [-0.2, 0) is 4.79 Å². The topological polar surface area (TPSA) is 78.3 Å². The Balaban J connectivity index is 1.21. The van der Waals surface area contributed by atoms with Crippen LogP contribution in [0.4, 0.5) is 14.6 Å². The number of carbonyl (C=O) groups excluding carboxylic acids is 1. The molecule has 204 valence electrons. The van der Waals surface area contributed by atoms with Gasteiger partial charge in [-0.1, -0.05) is 12.1 Å². The number of hydrogen-bond acceptors (Lipinski definition) is 6. The summed E-state index contributed by atoms with van der Waals surface area (Å²) in [6, 6.07) is 14.8. The van der Waals surface area contributed by atoms with Gasteiger partial charge in [0.1, 0.15) is 23.2 Å². The number of anilines is 1. The minimum Gasteiger partial charge on any atom is -0.494 e. The summed E-state index contributed by atoms with van der Waals surface area (Å²) in [5.74, 6) is -0.0305. The number of amides is 1. The van der Waals surface area contributed by atoms with Gasteiger partial charge in [0.05, 0.1) is 12.6 Å². The molecule has 3 aromatic rings. The summed E-state index contributed by atoms with van der Waals surface area (Å²) in [5, 5.41) is 14.6. The van der Waals surface area contributed by atoms with Crippen LogP contribution in [0.3, 0.4) is 0 Å². The van der Waals surface area contributed by atoms with E-state index in [0.29, 0.717) is 50.9 Å². The monoisotopic (exact) mass is 534 g/mol. The highest BCUT2D eigenvalue weighted by molar-refractivity contribution is 5.82. The number of rotatable bonds is 9. The summed E-state index contributed by atoms with van der Waals surface area (Å²) >= 11 is 0. The number of benzene rings is 2. The first-order chi connectivity index (χ1) is 19.0. The fourth-order valence-electron chi connectivity index (χ4n) is 5.15. The molecule has 5 rings (SSSR count). The number of unbranched alkanes of at least 4 members (excludes halogenated alkanes) is 1. The molecule has 9 heteroatoms. The molecule has 1 atom stereocenters. The van der Waals surface area contributed by atoms with Gasteiger partial charge in [0.25, 0.3) is 0 Å². The molecule has 39 heavy (non-hydrogen) atoms. The third-order valence-corrected chi connectivity index (χ3v) is 7.23. The van der Waals surface area contributed by atoms with Crippen LogP contribution in [0.2, 0.25) is 0 Å². The molecule has 1 aromatic heterocycles. The van der Waals surface area contributed by atoms with E-state index < -0.39 is 17.7 Å². The molecule has 3 heterocycles. The van der Waals surface area contributed by atoms with Crippen molar-refractivity contribution in [3.63, 3.8) is 0 Å². The molecule has 1 N–H and O–H groups in total. The van der Waals surface area contributed by atoms with Crippen molar-refractivity contribution in [2.24, 2.45) is 11.0 Å². The molecule has 0 saturated carbocycles. The number of aromatic nitrogens is 1. The largest absolute Gasteiger partial charge is 0.494 e. The molecule has 1 fully saturated rings. The van der Waals surface area contributed by atoms with Gasteiger partial charge in [-0.25, -0.2) is 18.8 Å². The summed E-state index contributed by atoms with van der Waals surface area (Å²) in [4.78, 5) is 20.1. The number of hydrazone groups is 1. The van der Waals surface area contributed by atoms with Crippen molar-refractivity contribution >= 4 is 17.9 Å². The first-order valence-electron chi connectivity index (χ1n) is 13.4. The van der Waals surface area contributed by atoms with E-state index in [2.05, 4.69) is 15.0 Å². The molecule has 7 nitrogen and oxygen atoms in total. The molecule has 0 radical (unpaired) electrons. The van der Waals surface area contributed by atoms with Gasteiger partial charge < -0.3 is 14.7 Å². The Labute approximate surface area is 226 Å². The van der Waals surface area contributed by atoms with Crippen molar-refractivity contribution in [3.8, 4) is 16.9 Å². The second-order valence-electron chi connectivity index (χ2n) is 9.91. The number of nitrogens with zero attached hydrogens (tertiary/aromatic N) is 4. The first-order valence-corrected chi connectivity index (χ1v) is 13.4. The molecule has 1 amide bonds. The van der Waals surface area contributed by atoms with Crippen LogP contribution in [0, 0.1) is 17.6 Å². The lowest BCUT2D eigenvalue weighted by molar-refractivity contribution is -0.138. The quantitative estimate of drug-likeness (QED) is 0.375. The fourth-order valence-corrected chi connectivity index (χ4v) is 5.15. The van der Waals surface area contributed by atoms with E-state index in [1.54, 1.807) is 12.4 Å². The van der Waals surface area contributed by atoms with Crippen LogP contribution in [-0.4, -0.2) is 53.5 Å². The van der Waals surface area contributed by atoms with Gasteiger partial charge in [-0.15, -0.1) is 0 Å². The highest BCUT2D eigenvalue weighted by Gasteiger charge is 2.35. The number of carbonyl (C=O) groups is 1. The first kappa shape index (κ1) is 26.7. The SMILES string of the molecule is O=C(C1CCN(c2cc(-c3cccc(OCCCCO)c3)ccn2)CC1)N1N=CCC1c1cc(F)cc(F)c1. The average molecular weight is 535 g/mol. The zero-order chi connectivity index (χ0) is 27.2. The zero-order valence-electron chi connectivity index (χ0n) is 21.7. The lowest BCUT2D eigenvalue weighted by Gasteiger charge is -2.34. The van der Waals surface area contributed by atoms with Gasteiger partial charge in [0, 0.05) is 50.5 Å². The van der Waals surface area contributed by atoms with Crippen molar-refractivity contribution in [2.75, 3.05) is 31.2 Å². The predicted octanol–water partition coefficient (Wildman–Crippen LogP) is 5.35. The highest BCUT2D eigenvalue weighted by Crippen LogP contribution is 2.34. The summed E-state index contributed by atoms with van der Waals surface area (Å²) in [6.07, 6.45) is 6.64. The van der Waals surface area contributed by atoms with Crippen LogP contribution in [0.1, 0.15) is 43.7 Å². The van der Waals surface area contributed by atoms with E-state index in [-0.39, 0.29) is 18.4 Å². The van der Waals surface area contributed by atoms with E-state index >= 15 is 0 Å². The molecule has 2 aliphatic rings. The molecule has 2 aromatic carbocycles. The van der Waals surface area contributed by atoms with Crippen LogP contribution < -0.4 is 9.64 Å². The second-order valence-corrected chi connectivity index (χ2v) is 9.91. The Morgan fingerprint density at radius 1 is 1.00 bits per heavy atom.